The fraction of sp³-hybridized carbons (Fsp3) is 0.429. The molecular weight excluding hydrogens is 342 g/mol. The topological polar surface area (TPSA) is 65.6 Å². The molecule has 1 aliphatic rings. The first-order valence-electron chi connectivity index (χ1n) is 9.34. The van der Waals surface area contributed by atoms with Crippen LogP contribution in [0, 0.1) is 13.8 Å². The number of aryl methyl sites for hydroxylation is 3. The Hall–Kier alpha value is -2.76. The normalized spacial score (nSPS) is 14.3. The van der Waals surface area contributed by atoms with E-state index >= 15 is 0 Å². The van der Waals surface area contributed by atoms with Crippen molar-refractivity contribution in [3.8, 4) is 5.75 Å². The minimum atomic E-state index is 0.0398. The van der Waals surface area contributed by atoms with Crippen LogP contribution in [-0.4, -0.2) is 59.9 Å². The number of aromatic nitrogens is 1. The molecule has 0 unspecified atom stereocenters. The van der Waals surface area contributed by atoms with Gasteiger partial charge in [-0.25, -0.2) is 0 Å². The molecule has 0 atom stereocenters. The lowest BCUT2D eigenvalue weighted by Gasteiger charge is -2.35. The molecule has 6 nitrogen and oxygen atoms in total. The highest BCUT2D eigenvalue weighted by Gasteiger charge is 2.26. The number of nitrogens with one attached hydrogen (secondary N) is 1. The van der Waals surface area contributed by atoms with E-state index in [0.29, 0.717) is 39.0 Å². The van der Waals surface area contributed by atoms with E-state index in [1.54, 1.807) is 7.11 Å². The van der Waals surface area contributed by atoms with Gasteiger partial charge in [0.15, 0.2) is 0 Å². The van der Waals surface area contributed by atoms with Crippen LogP contribution in [0.3, 0.4) is 0 Å². The van der Waals surface area contributed by atoms with Gasteiger partial charge in [0.25, 0.3) is 5.91 Å². The summed E-state index contributed by atoms with van der Waals surface area (Å²) in [4.78, 5) is 32.1. The van der Waals surface area contributed by atoms with E-state index in [1.807, 2.05) is 54.0 Å². The summed E-state index contributed by atoms with van der Waals surface area (Å²) in [6, 6.07) is 9.67. The minimum Gasteiger partial charge on any atom is -0.496 e. The molecule has 2 aromatic rings. The zero-order valence-corrected chi connectivity index (χ0v) is 16.2. The van der Waals surface area contributed by atoms with Crippen molar-refractivity contribution in [1.82, 2.24) is 14.8 Å². The molecule has 0 spiro atoms. The van der Waals surface area contributed by atoms with Gasteiger partial charge in [-0.05, 0) is 38.0 Å². The summed E-state index contributed by atoms with van der Waals surface area (Å²) >= 11 is 0. The van der Waals surface area contributed by atoms with Crippen LogP contribution in [0.25, 0.3) is 0 Å². The highest BCUT2D eigenvalue weighted by molar-refractivity contribution is 5.95. The van der Waals surface area contributed by atoms with E-state index in [4.69, 9.17) is 4.74 Å². The van der Waals surface area contributed by atoms with E-state index in [2.05, 4.69) is 4.98 Å². The molecule has 0 saturated carbocycles. The average Bonchev–Trinajstić information content (AvgIpc) is 3.03. The summed E-state index contributed by atoms with van der Waals surface area (Å²) in [6.07, 6.45) is 1.11. The van der Waals surface area contributed by atoms with Crippen molar-refractivity contribution in [2.75, 3.05) is 33.3 Å². The first-order valence-corrected chi connectivity index (χ1v) is 9.34. The molecule has 2 heterocycles. The van der Waals surface area contributed by atoms with E-state index in [0.717, 1.165) is 28.3 Å². The maximum absolute atomic E-state index is 12.7. The molecule has 0 aliphatic carbocycles. The molecule has 1 aromatic carbocycles. The third-order valence-electron chi connectivity index (χ3n) is 5.10. The number of carbonyl (C=O) groups is 2. The van der Waals surface area contributed by atoms with Crippen LogP contribution in [0.15, 0.2) is 30.3 Å². The van der Waals surface area contributed by atoms with Crippen molar-refractivity contribution >= 4 is 11.8 Å². The lowest BCUT2D eigenvalue weighted by atomic mass is 10.1. The highest BCUT2D eigenvalue weighted by Crippen LogP contribution is 2.20. The van der Waals surface area contributed by atoms with Crippen LogP contribution in [0.2, 0.25) is 0 Å². The van der Waals surface area contributed by atoms with Crippen molar-refractivity contribution in [3.63, 3.8) is 0 Å². The summed E-state index contributed by atoms with van der Waals surface area (Å²) in [6.45, 7) is 6.17. The number of benzene rings is 1. The lowest BCUT2D eigenvalue weighted by molar-refractivity contribution is -0.132. The van der Waals surface area contributed by atoms with Crippen molar-refractivity contribution < 1.29 is 14.3 Å². The SMILES string of the molecule is COc1ccccc1CCC(=O)N1CCN(C(=O)c2cc(C)[nH]c2C)CC1. The number of hydrogen-bond donors (Lipinski definition) is 1. The number of nitrogens with zero attached hydrogens (tertiary/aromatic N) is 2. The number of hydrogen-bond acceptors (Lipinski definition) is 3. The zero-order chi connectivity index (χ0) is 19.4. The van der Waals surface area contributed by atoms with Gasteiger partial charge in [-0.1, -0.05) is 18.2 Å². The maximum atomic E-state index is 12.7. The van der Waals surface area contributed by atoms with Crippen LogP contribution in [0.4, 0.5) is 0 Å². The van der Waals surface area contributed by atoms with E-state index < -0.39 is 0 Å². The molecule has 2 amide bonds. The van der Waals surface area contributed by atoms with Crippen LogP contribution in [-0.2, 0) is 11.2 Å². The molecule has 1 fully saturated rings. The van der Waals surface area contributed by atoms with Crippen molar-refractivity contribution in [2.24, 2.45) is 0 Å². The van der Waals surface area contributed by atoms with Gasteiger partial charge < -0.3 is 19.5 Å². The molecule has 1 saturated heterocycles. The van der Waals surface area contributed by atoms with Gasteiger partial charge in [-0.2, -0.15) is 0 Å². The van der Waals surface area contributed by atoms with Gasteiger partial charge in [0, 0.05) is 44.0 Å². The second-order valence-electron chi connectivity index (χ2n) is 6.98. The molecule has 1 aromatic heterocycles. The smallest absolute Gasteiger partial charge is 0.255 e. The zero-order valence-electron chi connectivity index (χ0n) is 16.2. The minimum absolute atomic E-state index is 0.0398. The summed E-state index contributed by atoms with van der Waals surface area (Å²) < 4.78 is 5.35. The molecule has 6 heteroatoms. The molecule has 0 radical (unpaired) electrons. The van der Waals surface area contributed by atoms with Crippen molar-refractivity contribution in [2.45, 2.75) is 26.7 Å². The van der Waals surface area contributed by atoms with Gasteiger partial charge in [0.2, 0.25) is 5.91 Å². The first-order chi connectivity index (χ1) is 13.0. The second-order valence-corrected chi connectivity index (χ2v) is 6.98. The molecule has 3 rings (SSSR count). The number of amides is 2. The predicted molar refractivity (Wildman–Crippen MR) is 104 cm³/mol. The van der Waals surface area contributed by atoms with Crippen molar-refractivity contribution in [1.29, 1.82) is 0 Å². The van der Waals surface area contributed by atoms with E-state index in [1.165, 1.54) is 0 Å². The number of ether oxygens (including phenoxy) is 1. The Morgan fingerprint density at radius 3 is 2.37 bits per heavy atom. The van der Waals surface area contributed by atoms with E-state index in [-0.39, 0.29) is 11.8 Å². The average molecular weight is 369 g/mol. The quantitative estimate of drug-likeness (QED) is 0.881. The molecule has 1 N–H and O–H groups in total. The third kappa shape index (κ3) is 4.32. The first kappa shape index (κ1) is 19.0. The molecule has 1 aliphatic heterocycles. The van der Waals surface area contributed by atoms with Gasteiger partial charge in [0.05, 0.1) is 12.7 Å². The van der Waals surface area contributed by atoms with Gasteiger partial charge in [0.1, 0.15) is 5.75 Å². The second kappa shape index (κ2) is 8.29. The Morgan fingerprint density at radius 2 is 1.74 bits per heavy atom. The van der Waals surface area contributed by atoms with Gasteiger partial charge in [-0.3, -0.25) is 9.59 Å². The number of aromatic amines is 1. The van der Waals surface area contributed by atoms with Crippen LogP contribution in [0.1, 0.15) is 33.7 Å². The highest BCUT2D eigenvalue weighted by atomic mass is 16.5. The largest absolute Gasteiger partial charge is 0.496 e. The van der Waals surface area contributed by atoms with Crippen LogP contribution < -0.4 is 4.74 Å². The summed E-state index contributed by atoms with van der Waals surface area (Å²) in [5, 5.41) is 0. The standard InChI is InChI=1S/C21H27N3O3/c1-15-14-18(16(2)22-15)21(26)24-12-10-23(11-13-24)20(25)9-8-17-6-4-5-7-19(17)27-3/h4-7,14,22H,8-13H2,1-3H3. The number of rotatable bonds is 5. The fourth-order valence-electron chi connectivity index (χ4n) is 3.58. The monoisotopic (exact) mass is 369 g/mol. The number of para-hydroxylation sites is 1. The summed E-state index contributed by atoms with van der Waals surface area (Å²) in [5.41, 5.74) is 3.65. The Labute approximate surface area is 160 Å². The molecule has 144 valence electrons. The Morgan fingerprint density at radius 1 is 1.07 bits per heavy atom. The van der Waals surface area contributed by atoms with Crippen LogP contribution >= 0.6 is 0 Å². The Bertz CT molecular complexity index is 820. The number of methoxy groups -OCH3 is 1. The number of piperazine rings is 1. The van der Waals surface area contributed by atoms with Gasteiger partial charge in [-0.15, -0.1) is 0 Å². The Balaban J connectivity index is 1.52. The molecule has 27 heavy (non-hydrogen) atoms. The lowest BCUT2D eigenvalue weighted by Crippen LogP contribution is -2.50. The number of H-pyrrole nitrogens is 1. The van der Waals surface area contributed by atoms with Crippen molar-refractivity contribution in [3.05, 3.63) is 52.8 Å². The molecular formula is C21H27N3O3. The Kier molecular flexibility index (Phi) is 5.84. The van der Waals surface area contributed by atoms with Crippen LogP contribution in [0.5, 0.6) is 5.75 Å². The summed E-state index contributed by atoms with van der Waals surface area (Å²) in [7, 11) is 1.64. The van der Waals surface area contributed by atoms with Gasteiger partial charge >= 0.3 is 0 Å². The molecule has 0 bridgehead atoms. The third-order valence-corrected chi connectivity index (χ3v) is 5.10. The fourth-order valence-corrected chi connectivity index (χ4v) is 3.58. The van der Waals surface area contributed by atoms with E-state index in [9.17, 15) is 9.59 Å². The number of carbonyl (C=O) groups excluding carboxylic acids is 2. The predicted octanol–water partition coefficient (Wildman–Crippen LogP) is 2.56. The maximum Gasteiger partial charge on any atom is 0.255 e. The summed E-state index contributed by atoms with van der Waals surface area (Å²) in [5.74, 6) is 0.984.